The molecule has 0 aliphatic carbocycles. The van der Waals surface area contributed by atoms with Gasteiger partial charge in [-0.1, -0.05) is 15.9 Å². The molecule has 1 rings (SSSR count). The van der Waals surface area contributed by atoms with E-state index in [0.717, 1.165) is 6.07 Å². The highest BCUT2D eigenvalue weighted by Crippen LogP contribution is 2.33. The Bertz CT molecular complexity index is 368. The van der Waals surface area contributed by atoms with E-state index in [9.17, 15) is 13.2 Å². The van der Waals surface area contributed by atoms with Crippen molar-refractivity contribution in [3.8, 4) is 5.75 Å². The molecule has 0 bridgehead atoms. The van der Waals surface area contributed by atoms with Gasteiger partial charge in [0.1, 0.15) is 0 Å². The second-order valence-corrected chi connectivity index (χ2v) is 3.54. The van der Waals surface area contributed by atoms with Crippen LogP contribution < -0.4 is 10.5 Å². The third-order valence-electron chi connectivity index (χ3n) is 1.57. The summed E-state index contributed by atoms with van der Waals surface area (Å²) in [6.07, 6.45) is -4.78. The number of ether oxygens (including phenoxy) is 1. The Morgan fingerprint density at radius 2 is 2.00 bits per heavy atom. The van der Waals surface area contributed by atoms with Crippen LogP contribution in [0.5, 0.6) is 5.75 Å². The van der Waals surface area contributed by atoms with E-state index in [1.54, 1.807) is 0 Å². The number of hydrogen-bond acceptors (Lipinski definition) is 3. The van der Waals surface area contributed by atoms with Gasteiger partial charge in [0.15, 0.2) is 5.75 Å². The average molecular weight is 286 g/mol. The molecular weight excluding hydrogens is 279 g/mol. The molecule has 0 aliphatic heterocycles. The van der Waals surface area contributed by atoms with E-state index >= 15 is 0 Å². The average Bonchev–Trinajstić information content (AvgIpc) is 2.08. The normalized spacial score (nSPS) is 11.5. The summed E-state index contributed by atoms with van der Waals surface area (Å²) in [6.45, 7) is -0.322. The summed E-state index contributed by atoms with van der Waals surface area (Å²) in [7, 11) is 0. The lowest BCUT2D eigenvalue weighted by atomic mass is 10.2. The standard InChI is InChI=1S/C8H7BrF3NO2/c9-5-2-7(15-8(10,11)12)6(13)1-4(5)3-14/h1-2,14H,3,13H2. The summed E-state index contributed by atoms with van der Waals surface area (Å²) in [6, 6.07) is 2.28. The molecule has 0 radical (unpaired) electrons. The van der Waals surface area contributed by atoms with E-state index in [1.165, 1.54) is 6.07 Å². The minimum Gasteiger partial charge on any atom is -0.404 e. The van der Waals surface area contributed by atoms with Gasteiger partial charge in [-0.05, 0) is 17.7 Å². The maximum atomic E-state index is 11.9. The first-order valence-electron chi connectivity index (χ1n) is 3.78. The lowest BCUT2D eigenvalue weighted by molar-refractivity contribution is -0.274. The predicted molar refractivity (Wildman–Crippen MR) is 51.2 cm³/mol. The molecule has 0 saturated heterocycles. The van der Waals surface area contributed by atoms with Crippen molar-refractivity contribution in [1.82, 2.24) is 0 Å². The maximum absolute atomic E-state index is 11.9. The van der Waals surface area contributed by atoms with Crippen molar-refractivity contribution in [3.05, 3.63) is 22.2 Å². The zero-order valence-corrected chi connectivity index (χ0v) is 8.89. The minimum atomic E-state index is -4.78. The van der Waals surface area contributed by atoms with Crippen molar-refractivity contribution < 1.29 is 23.0 Å². The van der Waals surface area contributed by atoms with Crippen molar-refractivity contribution in [1.29, 1.82) is 0 Å². The highest BCUT2D eigenvalue weighted by molar-refractivity contribution is 9.10. The van der Waals surface area contributed by atoms with Gasteiger partial charge in [0.25, 0.3) is 0 Å². The quantitative estimate of drug-likeness (QED) is 0.821. The van der Waals surface area contributed by atoms with Crippen LogP contribution in [0.2, 0.25) is 0 Å². The maximum Gasteiger partial charge on any atom is 0.573 e. The van der Waals surface area contributed by atoms with Crippen molar-refractivity contribution in [2.24, 2.45) is 0 Å². The summed E-state index contributed by atoms with van der Waals surface area (Å²) in [4.78, 5) is 0. The molecule has 84 valence electrons. The van der Waals surface area contributed by atoms with Gasteiger partial charge >= 0.3 is 6.36 Å². The van der Waals surface area contributed by atoms with Crippen molar-refractivity contribution >= 4 is 21.6 Å². The number of hydrogen-bond donors (Lipinski definition) is 2. The Balaban J connectivity index is 3.05. The van der Waals surface area contributed by atoms with Gasteiger partial charge in [-0.2, -0.15) is 0 Å². The molecule has 0 spiro atoms. The van der Waals surface area contributed by atoms with Crippen LogP contribution in [0.4, 0.5) is 18.9 Å². The number of aliphatic hydroxyl groups excluding tert-OH is 1. The fourth-order valence-electron chi connectivity index (χ4n) is 0.953. The van der Waals surface area contributed by atoms with Crippen LogP contribution in [0, 0.1) is 0 Å². The van der Waals surface area contributed by atoms with Crippen LogP contribution in [0.1, 0.15) is 5.56 Å². The number of benzene rings is 1. The first-order chi connectivity index (χ1) is 6.83. The first-order valence-corrected chi connectivity index (χ1v) is 4.57. The third-order valence-corrected chi connectivity index (χ3v) is 2.31. The molecule has 0 aliphatic rings. The van der Waals surface area contributed by atoms with Crippen LogP contribution in [-0.4, -0.2) is 11.5 Å². The van der Waals surface area contributed by atoms with Gasteiger partial charge in [0.2, 0.25) is 0 Å². The van der Waals surface area contributed by atoms with Crippen LogP contribution in [0.3, 0.4) is 0 Å². The van der Waals surface area contributed by atoms with Gasteiger partial charge in [-0.25, -0.2) is 0 Å². The van der Waals surface area contributed by atoms with Crippen molar-refractivity contribution in [3.63, 3.8) is 0 Å². The topological polar surface area (TPSA) is 55.5 Å². The molecule has 7 heteroatoms. The number of alkyl halides is 3. The largest absolute Gasteiger partial charge is 0.573 e. The molecule has 1 aromatic rings. The monoisotopic (exact) mass is 285 g/mol. The Hall–Kier alpha value is -0.950. The molecule has 3 nitrogen and oxygen atoms in total. The molecule has 3 N–H and O–H groups in total. The van der Waals surface area contributed by atoms with E-state index in [2.05, 4.69) is 20.7 Å². The molecule has 0 fully saturated rings. The summed E-state index contributed by atoms with van der Waals surface area (Å²) in [5, 5.41) is 8.82. The molecule has 15 heavy (non-hydrogen) atoms. The highest BCUT2D eigenvalue weighted by atomic mass is 79.9. The lowest BCUT2D eigenvalue weighted by Gasteiger charge is -2.12. The van der Waals surface area contributed by atoms with Crippen molar-refractivity contribution in [2.45, 2.75) is 13.0 Å². The predicted octanol–water partition coefficient (Wildman–Crippen LogP) is 2.42. The summed E-state index contributed by atoms with van der Waals surface area (Å²) in [5.41, 5.74) is 5.53. The highest BCUT2D eigenvalue weighted by Gasteiger charge is 2.32. The lowest BCUT2D eigenvalue weighted by Crippen LogP contribution is -2.18. The van der Waals surface area contributed by atoms with Gasteiger partial charge in [-0.3, -0.25) is 0 Å². The van der Waals surface area contributed by atoms with Crippen LogP contribution in [0.15, 0.2) is 16.6 Å². The summed E-state index contributed by atoms with van der Waals surface area (Å²) in [5.74, 6) is -0.494. The Morgan fingerprint density at radius 3 is 2.47 bits per heavy atom. The molecule has 0 heterocycles. The Labute approximate surface area is 91.8 Å². The summed E-state index contributed by atoms with van der Waals surface area (Å²) >= 11 is 2.99. The fraction of sp³-hybridized carbons (Fsp3) is 0.250. The van der Waals surface area contributed by atoms with E-state index in [0.29, 0.717) is 10.0 Å². The van der Waals surface area contributed by atoms with Gasteiger partial charge in [0, 0.05) is 4.47 Å². The second kappa shape index (κ2) is 4.28. The van der Waals surface area contributed by atoms with Crippen molar-refractivity contribution in [2.75, 3.05) is 5.73 Å². The van der Waals surface area contributed by atoms with Crippen LogP contribution in [0.25, 0.3) is 0 Å². The minimum absolute atomic E-state index is 0.181. The molecule has 0 amide bonds. The van der Waals surface area contributed by atoms with E-state index < -0.39 is 12.1 Å². The number of aliphatic hydroxyl groups is 1. The third kappa shape index (κ3) is 3.28. The van der Waals surface area contributed by atoms with Gasteiger partial charge < -0.3 is 15.6 Å². The number of rotatable bonds is 2. The Kier molecular flexibility index (Phi) is 3.46. The van der Waals surface area contributed by atoms with E-state index in [4.69, 9.17) is 10.8 Å². The Morgan fingerprint density at radius 1 is 1.40 bits per heavy atom. The molecule has 0 unspecified atom stereocenters. The van der Waals surface area contributed by atoms with Crippen LogP contribution >= 0.6 is 15.9 Å². The summed E-state index contributed by atoms with van der Waals surface area (Å²) < 4.78 is 39.7. The SMILES string of the molecule is Nc1cc(CO)c(Br)cc1OC(F)(F)F. The first kappa shape index (κ1) is 12.1. The zero-order valence-electron chi connectivity index (χ0n) is 7.31. The molecule has 1 aromatic carbocycles. The number of anilines is 1. The number of nitrogens with two attached hydrogens (primary N) is 1. The molecule has 0 saturated carbocycles. The number of nitrogen functional groups attached to an aromatic ring is 1. The van der Waals surface area contributed by atoms with Gasteiger partial charge in [-0.15, -0.1) is 13.2 Å². The van der Waals surface area contributed by atoms with Gasteiger partial charge in [0.05, 0.1) is 12.3 Å². The number of halogens is 4. The zero-order chi connectivity index (χ0) is 11.6. The molecular formula is C8H7BrF3NO2. The fourth-order valence-corrected chi connectivity index (χ4v) is 1.40. The second-order valence-electron chi connectivity index (χ2n) is 2.69. The molecule has 0 aromatic heterocycles. The van der Waals surface area contributed by atoms with Crippen LogP contribution in [-0.2, 0) is 6.61 Å². The van der Waals surface area contributed by atoms with E-state index in [1.807, 2.05) is 0 Å². The molecule has 0 atom stereocenters. The van der Waals surface area contributed by atoms with E-state index in [-0.39, 0.29) is 12.3 Å². The smallest absolute Gasteiger partial charge is 0.404 e.